The van der Waals surface area contributed by atoms with Crippen molar-refractivity contribution >= 4 is 52.6 Å². The van der Waals surface area contributed by atoms with Gasteiger partial charge in [-0.25, -0.2) is 4.39 Å². The minimum absolute atomic E-state index is 0.00630. The highest BCUT2D eigenvalue weighted by molar-refractivity contribution is 6.31. The number of nitrogens with zero attached hydrogens (tertiary/aromatic N) is 7. The fourth-order valence-electron chi connectivity index (χ4n) is 9.85. The van der Waals surface area contributed by atoms with Gasteiger partial charge in [0.1, 0.15) is 23.7 Å². The molecule has 5 heterocycles. The summed E-state index contributed by atoms with van der Waals surface area (Å²) in [4.78, 5) is 71.1. The lowest BCUT2D eigenvalue weighted by Crippen LogP contribution is -2.54. The van der Waals surface area contributed by atoms with Crippen LogP contribution in [0.5, 0.6) is 5.75 Å². The van der Waals surface area contributed by atoms with E-state index in [2.05, 4.69) is 30.6 Å². The van der Waals surface area contributed by atoms with Gasteiger partial charge in [-0.15, -0.1) is 10.2 Å². The van der Waals surface area contributed by atoms with E-state index in [1.54, 1.807) is 24.3 Å². The first-order valence-electron chi connectivity index (χ1n) is 20.3. The van der Waals surface area contributed by atoms with Crippen LogP contribution in [0.2, 0.25) is 5.02 Å². The normalized spacial score (nSPS) is 27.0. The number of nitrogens with one attached hydrogen (secondary N) is 2. The Labute approximate surface area is 344 Å². The maximum absolute atomic E-state index is 15.5. The molecule has 17 heteroatoms. The molecule has 2 aromatic carbocycles. The van der Waals surface area contributed by atoms with E-state index in [1.165, 1.54) is 6.07 Å². The Bertz CT molecular complexity index is 2240. The highest BCUT2D eigenvalue weighted by Gasteiger charge is 2.46. The molecular formula is C42H43ClFN9O6. The largest absolute Gasteiger partial charge is 0.490 e. The average molecular weight is 824 g/mol. The Morgan fingerprint density at radius 2 is 1.59 bits per heavy atom. The Balaban J connectivity index is 0.728. The van der Waals surface area contributed by atoms with Crippen LogP contribution in [0.25, 0.3) is 0 Å². The van der Waals surface area contributed by atoms with Gasteiger partial charge in [0.15, 0.2) is 11.5 Å². The standard InChI is InChI=1S/C42H43ClFN9O6/c43-32-17-29(4-1-23(32)20-45)59-28-5-2-26(3-6-28)46-39(55)34-7-9-37(49-48-34)52-21-24-15-27(16-25(24)22-52)50-11-13-51(14-12-50)36-19-31-30(18-33(36)44)41(57)53(42(31)58)35-8-10-38(54)47-40(35)56/h1,4,7,9,17-19,24-28,35H,2-3,5-6,8,10-16,21-22H2,(H,46,55)(H,47,54,56)/t24-,25?,26?,27?,28?,35?/m0/s1. The number of aromatic nitrogens is 2. The number of halogens is 2. The first-order valence-corrected chi connectivity index (χ1v) is 20.7. The summed E-state index contributed by atoms with van der Waals surface area (Å²) in [5.41, 5.74) is 0.962. The second-order valence-corrected chi connectivity index (χ2v) is 16.9. The molecule has 2 aliphatic carbocycles. The monoisotopic (exact) mass is 823 g/mol. The summed E-state index contributed by atoms with van der Waals surface area (Å²) >= 11 is 6.15. The van der Waals surface area contributed by atoms with E-state index in [-0.39, 0.29) is 53.4 Å². The highest BCUT2D eigenvalue weighted by atomic mass is 35.5. The number of hydrogen-bond acceptors (Lipinski definition) is 12. The number of imide groups is 2. The molecule has 5 amide bonds. The quantitative estimate of drug-likeness (QED) is 0.315. The third-order valence-electron chi connectivity index (χ3n) is 13.0. The average Bonchev–Trinajstić information content (AvgIpc) is 3.89. The number of ether oxygens (including phenoxy) is 1. The number of piperazine rings is 1. The molecule has 9 rings (SSSR count). The highest BCUT2D eigenvalue weighted by Crippen LogP contribution is 2.42. The van der Waals surface area contributed by atoms with E-state index >= 15 is 4.39 Å². The zero-order chi connectivity index (χ0) is 40.9. The van der Waals surface area contributed by atoms with Gasteiger partial charge in [-0.05, 0) is 93.2 Å². The van der Waals surface area contributed by atoms with Crippen LogP contribution in [0.4, 0.5) is 15.9 Å². The molecule has 6 aliphatic rings. The third kappa shape index (κ3) is 7.57. The number of hydrogen-bond donors (Lipinski definition) is 2. The number of nitriles is 1. The maximum Gasteiger partial charge on any atom is 0.272 e. The molecule has 59 heavy (non-hydrogen) atoms. The first kappa shape index (κ1) is 38.8. The van der Waals surface area contributed by atoms with Crippen LogP contribution in [0, 0.1) is 29.0 Å². The van der Waals surface area contributed by atoms with Gasteiger partial charge >= 0.3 is 0 Å². The number of rotatable bonds is 8. The third-order valence-corrected chi connectivity index (χ3v) is 13.3. The molecule has 3 saturated heterocycles. The van der Waals surface area contributed by atoms with E-state index in [1.807, 2.05) is 17.0 Å². The van der Waals surface area contributed by atoms with Crippen molar-refractivity contribution in [2.24, 2.45) is 11.8 Å². The van der Waals surface area contributed by atoms with Gasteiger partial charge in [-0.2, -0.15) is 5.26 Å². The van der Waals surface area contributed by atoms with Crippen molar-refractivity contribution in [2.45, 2.75) is 75.6 Å². The van der Waals surface area contributed by atoms with Crippen molar-refractivity contribution < 1.29 is 33.1 Å². The fourth-order valence-corrected chi connectivity index (χ4v) is 10.1. The summed E-state index contributed by atoms with van der Waals surface area (Å²) in [6.45, 7) is 4.32. The summed E-state index contributed by atoms with van der Waals surface area (Å²) in [7, 11) is 0. The van der Waals surface area contributed by atoms with Crippen LogP contribution >= 0.6 is 11.6 Å². The summed E-state index contributed by atoms with van der Waals surface area (Å²) in [5.74, 6) is -0.965. The van der Waals surface area contributed by atoms with Crippen LogP contribution in [0.15, 0.2) is 42.5 Å². The predicted octanol–water partition coefficient (Wildman–Crippen LogP) is 3.70. The Morgan fingerprint density at radius 1 is 0.881 bits per heavy atom. The Morgan fingerprint density at radius 3 is 2.24 bits per heavy atom. The van der Waals surface area contributed by atoms with E-state index in [0.29, 0.717) is 47.3 Å². The minimum atomic E-state index is -1.10. The summed E-state index contributed by atoms with van der Waals surface area (Å²) < 4.78 is 21.6. The number of fused-ring (bicyclic) bond motifs is 2. The van der Waals surface area contributed by atoms with Gasteiger partial charge in [0.2, 0.25) is 11.8 Å². The minimum Gasteiger partial charge on any atom is -0.490 e. The molecular weight excluding hydrogens is 781 g/mol. The molecule has 15 nitrogen and oxygen atoms in total. The second kappa shape index (κ2) is 15.8. The van der Waals surface area contributed by atoms with Crippen molar-refractivity contribution in [3.05, 3.63) is 75.7 Å². The molecule has 1 aromatic heterocycles. The molecule has 4 atom stereocenters. The zero-order valence-corrected chi connectivity index (χ0v) is 33.0. The van der Waals surface area contributed by atoms with Crippen LogP contribution in [-0.4, -0.2) is 113 Å². The molecule has 2 saturated carbocycles. The smallest absolute Gasteiger partial charge is 0.272 e. The van der Waals surface area contributed by atoms with Gasteiger partial charge in [0.25, 0.3) is 17.7 Å². The molecule has 0 bridgehead atoms. The molecule has 306 valence electrons. The van der Waals surface area contributed by atoms with Crippen molar-refractivity contribution in [1.29, 1.82) is 5.26 Å². The predicted molar refractivity (Wildman–Crippen MR) is 211 cm³/mol. The number of anilines is 2. The summed E-state index contributed by atoms with van der Waals surface area (Å²) in [6.07, 6.45) is 5.25. The molecule has 3 unspecified atom stereocenters. The van der Waals surface area contributed by atoms with E-state index in [0.717, 1.165) is 81.5 Å². The summed E-state index contributed by atoms with van der Waals surface area (Å²) in [6, 6.07) is 12.6. The van der Waals surface area contributed by atoms with Crippen molar-refractivity contribution in [1.82, 2.24) is 30.6 Å². The SMILES string of the molecule is N#Cc1ccc(OC2CCC(NC(=O)c3ccc(N4CC5CC(N6CCN(c7cc8c(cc7F)C(=O)N(C7CCC(=O)NC7=O)C8=O)CC6)C[C@H]5C4)nn3)CC2)cc1Cl. The van der Waals surface area contributed by atoms with Gasteiger partial charge in [0.05, 0.1) is 33.5 Å². The van der Waals surface area contributed by atoms with E-state index < -0.39 is 35.5 Å². The zero-order valence-electron chi connectivity index (χ0n) is 32.2. The van der Waals surface area contributed by atoms with Crippen molar-refractivity contribution in [3.8, 4) is 11.8 Å². The lowest BCUT2D eigenvalue weighted by atomic mass is 9.93. The lowest BCUT2D eigenvalue weighted by molar-refractivity contribution is -0.136. The number of benzene rings is 2. The van der Waals surface area contributed by atoms with E-state index in [9.17, 15) is 24.0 Å². The number of carbonyl (C=O) groups is 5. The van der Waals surface area contributed by atoms with Crippen LogP contribution in [-0.2, 0) is 9.59 Å². The van der Waals surface area contributed by atoms with Gasteiger partial charge in [-0.3, -0.25) is 39.1 Å². The number of amides is 5. The van der Waals surface area contributed by atoms with Crippen molar-refractivity contribution in [2.75, 3.05) is 49.1 Å². The lowest BCUT2D eigenvalue weighted by Gasteiger charge is -2.39. The fraction of sp³-hybridized carbons (Fsp3) is 0.476. The van der Waals surface area contributed by atoms with E-state index in [4.69, 9.17) is 21.6 Å². The van der Waals surface area contributed by atoms with Crippen molar-refractivity contribution in [3.63, 3.8) is 0 Å². The Kier molecular flexibility index (Phi) is 10.4. The van der Waals surface area contributed by atoms with Crippen LogP contribution in [0.3, 0.4) is 0 Å². The molecule has 5 fully saturated rings. The molecule has 3 aromatic rings. The Hall–Kier alpha value is -5.66. The molecule has 4 aliphatic heterocycles. The van der Waals surface area contributed by atoms with Crippen LogP contribution in [0.1, 0.15) is 88.1 Å². The number of carbonyl (C=O) groups excluding carboxylic acids is 5. The number of piperidine rings is 1. The van der Waals surface area contributed by atoms with Gasteiger partial charge in [-0.1, -0.05) is 11.6 Å². The van der Waals surface area contributed by atoms with Gasteiger partial charge < -0.3 is 19.9 Å². The maximum atomic E-state index is 15.5. The first-order chi connectivity index (χ1) is 28.5. The van der Waals surface area contributed by atoms with Gasteiger partial charge in [0, 0.05) is 63.8 Å². The molecule has 0 radical (unpaired) electrons. The molecule has 2 N–H and O–H groups in total. The summed E-state index contributed by atoms with van der Waals surface area (Å²) in [5, 5.41) is 23.5. The van der Waals surface area contributed by atoms with Crippen LogP contribution < -0.4 is 25.2 Å². The second-order valence-electron chi connectivity index (χ2n) is 16.5. The topological polar surface area (TPSA) is 181 Å². The molecule has 0 spiro atoms.